The fraction of sp³-hybridized carbons (Fsp3) is 0.250. The monoisotopic (exact) mass is 258 g/mol. The average Bonchev–Trinajstić information content (AvgIpc) is 2.41. The van der Waals surface area contributed by atoms with E-state index in [4.69, 9.17) is 5.73 Å². The minimum atomic E-state index is -0.199. The van der Waals surface area contributed by atoms with Crippen LogP contribution in [0.15, 0.2) is 42.5 Å². The van der Waals surface area contributed by atoms with Gasteiger partial charge in [-0.2, -0.15) is 0 Å². The van der Waals surface area contributed by atoms with E-state index in [1.54, 1.807) is 0 Å². The van der Waals surface area contributed by atoms with Crippen LogP contribution >= 0.6 is 0 Å². The second-order valence-corrected chi connectivity index (χ2v) is 4.80. The summed E-state index contributed by atoms with van der Waals surface area (Å²) in [5.74, 6) is -0.199. The number of benzene rings is 2. The van der Waals surface area contributed by atoms with Gasteiger partial charge in [-0.1, -0.05) is 18.2 Å². The first-order valence-corrected chi connectivity index (χ1v) is 6.35. The Morgan fingerprint density at radius 1 is 1.11 bits per heavy atom. The maximum absolute atomic E-state index is 12.9. The van der Waals surface area contributed by atoms with Crippen LogP contribution in [-0.4, -0.2) is 7.05 Å². The molecule has 0 heterocycles. The highest BCUT2D eigenvalue weighted by atomic mass is 19.1. The van der Waals surface area contributed by atoms with Crippen molar-refractivity contribution in [3.05, 3.63) is 65.0 Å². The van der Waals surface area contributed by atoms with Crippen LogP contribution in [0, 0.1) is 12.7 Å². The Morgan fingerprint density at radius 3 is 2.37 bits per heavy atom. The summed E-state index contributed by atoms with van der Waals surface area (Å²) in [6, 6.07) is 12.9. The highest BCUT2D eigenvalue weighted by molar-refractivity contribution is 5.50. The van der Waals surface area contributed by atoms with E-state index in [0.29, 0.717) is 6.54 Å². The van der Waals surface area contributed by atoms with Crippen molar-refractivity contribution < 1.29 is 4.39 Å². The highest BCUT2D eigenvalue weighted by Crippen LogP contribution is 2.19. The van der Waals surface area contributed by atoms with Gasteiger partial charge < -0.3 is 10.6 Å². The Morgan fingerprint density at radius 2 is 1.79 bits per heavy atom. The van der Waals surface area contributed by atoms with Crippen LogP contribution in [0.2, 0.25) is 0 Å². The van der Waals surface area contributed by atoms with Gasteiger partial charge in [0, 0.05) is 25.8 Å². The molecule has 100 valence electrons. The number of anilines is 1. The molecule has 3 heteroatoms. The summed E-state index contributed by atoms with van der Waals surface area (Å²) in [5, 5.41) is 0. The maximum Gasteiger partial charge on any atom is 0.123 e. The Bertz CT molecular complexity index is 549. The van der Waals surface area contributed by atoms with Gasteiger partial charge in [-0.15, -0.1) is 0 Å². The Balaban J connectivity index is 2.13. The zero-order chi connectivity index (χ0) is 13.8. The quantitative estimate of drug-likeness (QED) is 0.912. The third kappa shape index (κ3) is 3.32. The first kappa shape index (κ1) is 13.6. The van der Waals surface area contributed by atoms with Gasteiger partial charge in [0.05, 0.1) is 0 Å². The predicted molar refractivity (Wildman–Crippen MR) is 77.6 cm³/mol. The molecule has 0 aliphatic rings. The topological polar surface area (TPSA) is 29.3 Å². The normalized spacial score (nSPS) is 10.5. The molecule has 0 aromatic heterocycles. The summed E-state index contributed by atoms with van der Waals surface area (Å²) in [5.41, 5.74) is 10.3. The summed E-state index contributed by atoms with van der Waals surface area (Å²) in [6.07, 6.45) is 0. The smallest absolute Gasteiger partial charge is 0.123 e. The van der Waals surface area contributed by atoms with Crippen LogP contribution in [0.3, 0.4) is 0 Å². The third-order valence-corrected chi connectivity index (χ3v) is 3.32. The summed E-state index contributed by atoms with van der Waals surface area (Å²) < 4.78 is 12.9. The Hall–Kier alpha value is -1.87. The molecule has 2 aromatic carbocycles. The van der Waals surface area contributed by atoms with E-state index in [9.17, 15) is 4.39 Å². The van der Waals surface area contributed by atoms with Crippen LogP contribution in [0.25, 0.3) is 0 Å². The van der Waals surface area contributed by atoms with Crippen molar-refractivity contribution in [2.75, 3.05) is 11.9 Å². The SMILES string of the molecule is Cc1cc(N(C)Cc2ccc(F)cc2)ccc1CN. The van der Waals surface area contributed by atoms with Crippen molar-refractivity contribution in [3.63, 3.8) is 0 Å². The second kappa shape index (κ2) is 5.85. The predicted octanol–water partition coefficient (Wildman–Crippen LogP) is 3.23. The molecule has 0 saturated carbocycles. The van der Waals surface area contributed by atoms with Crippen molar-refractivity contribution in [2.24, 2.45) is 5.73 Å². The Kier molecular flexibility index (Phi) is 4.17. The van der Waals surface area contributed by atoms with E-state index in [2.05, 4.69) is 30.0 Å². The van der Waals surface area contributed by atoms with Crippen LogP contribution in [0.5, 0.6) is 0 Å². The molecule has 0 atom stereocenters. The van der Waals surface area contributed by atoms with E-state index in [1.165, 1.54) is 23.3 Å². The first-order chi connectivity index (χ1) is 9.10. The van der Waals surface area contributed by atoms with Crippen LogP contribution < -0.4 is 10.6 Å². The largest absolute Gasteiger partial charge is 0.370 e. The van der Waals surface area contributed by atoms with E-state index in [0.717, 1.165) is 17.8 Å². The lowest BCUT2D eigenvalue weighted by Gasteiger charge is -2.20. The summed E-state index contributed by atoms with van der Waals surface area (Å²) in [6.45, 7) is 3.38. The number of halogens is 1. The molecule has 2 aromatic rings. The molecule has 0 aliphatic heterocycles. The number of rotatable bonds is 4. The Labute approximate surface area is 113 Å². The molecule has 0 saturated heterocycles. The van der Waals surface area contributed by atoms with E-state index in [-0.39, 0.29) is 5.82 Å². The molecular formula is C16H19FN2. The molecule has 0 aliphatic carbocycles. The first-order valence-electron chi connectivity index (χ1n) is 6.35. The fourth-order valence-corrected chi connectivity index (χ4v) is 2.10. The molecule has 0 bridgehead atoms. The van der Waals surface area contributed by atoms with Crippen LogP contribution in [-0.2, 0) is 13.1 Å². The van der Waals surface area contributed by atoms with Crippen molar-refractivity contribution in [1.82, 2.24) is 0 Å². The lowest BCUT2D eigenvalue weighted by molar-refractivity contribution is 0.627. The summed E-state index contributed by atoms with van der Waals surface area (Å²) >= 11 is 0. The molecular weight excluding hydrogens is 239 g/mol. The van der Waals surface area contributed by atoms with Gasteiger partial charge in [-0.05, 0) is 47.9 Å². The molecule has 2 nitrogen and oxygen atoms in total. The van der Waals surface area contributed by atoms with Gasteiger partial charge in [0.25, 0.3) is 0 Å². The van der Waals surface area contributed by atoms with E-state index < -0.39 is 0 Å². The minimum absolute atomic E-state index is 0.199. The summed E-state index contributed by atoms with van der Waals surface area (Å²) in [4.78, 5) is 2.14. The maximum atomic E-state index is 12.9. The standard InChI is InChI=1S/C16H19FN2/c1-12-9-16(8-5-14(12)10-18)19(2)11-13-3-6-15(17)7-4-13/h3-9H,10-11,18H2,1-2H3. The van der Waals surface area contributed by atoms with Crippen molar-refractivity contribution in [3.8, 4) is 0 Å². The summed E-state index contributed by atoms with van der Waals surface area (Å²) in [7, 11) is 2.03. The van der Waals surface area contributed by atoms with Gasteiger partial charge in [0.1, 0.15) is 5.82 Å². The van der Waals surface area contributed by atoms with Crippen molar-refractivity contribution in [1.29, 1.82) is 0 Å². The molecule has 0 unspecified atom stereocenters. The molecule has 0 radical (unpaired) electrons. The highest BCUT2D eigenvalue weighted by Gasteiger charge is 2.04. The van der Waals surface area contributed by atoms with Gasteiger partial charge >= 0.3 is 0 Å². The van der Waals surface area contributed by atoms with Crippen molar-refractivity contribution in [2.45, 2.75) is 20.0 Å². The molecule has 0 amide bonds. The average molecular weight is 258 g/mol. The molecule has 2 rings (SSSR count). The van der Waals surface area contributed by atoms with Gasteiger partial charge in [-0.3, -0.25) is 0 Å². The van der Waals surface area contributed by atoms with Gasteiger partial charge in [0.2, 0.25) is 0 Å². The van der Waals surface area contributed by atoms with Crippen molar-refractivity contribution >= 4 is 5.69 Å². The second-order valence-electron chi connectivity index (χ2n) is 4.80. The lowest BCUT2D eigenvalue weighted by atomic mass is 10.1. The number of nitrogens with zero attached hydrogens (tertiary/aromatic N) is 1. The third-order valence-electron chi connectivity index (χ3n) is 3.32. The number of hydrogen-bond acceptors (Lipinski definition) is 2. The minimum Gasteiger partial charge on any atom is -0.370 e. The molecule has 2 N–H and O–H groups in total. The van der Waals surface area contributed by atoms with Crippen LogP contribution in [0.1, 0.15) is 16.7 Å². The van der Waals surface area contributed by atoms with Gasteiger partial charge in [-0.25, -0.2) is 4.39 Å². The number of aryl methyl sites for hydroxylation is 1. The fourth-order valence-electron chi connectivity index (χ4n) is 2.10. The molecule has 19 heavy (non-hydrogen) atoms. The number of hydrogen-bond donors (Lipinski definition) is 1. The molecule has 0 spiro atoms. The van der Waals surface area contributed by atoms with E-state index in [1.807, 2.05) is 19.2 Å². The molecule has 0 fully saturated rings. The van der Waals surface area contributed by atoms with E-state index >= 15 is 0 Å². The lowest BCUT2D eigenvalue weighted by Crippen LogP contribution is -2.16. The zero-order valence-corrected chi connectivity index (χ0v) is 11.4. The van der Waals surface area contributed by atoms with Gasteiger partial charge in [0.15, 0.2) is 0 Å². The number of nitrogens with two attached hydrogens (primary N) is 1. The zero-order valence-electron chi connectivity index (χ0n) is 11.4. The van der Waals surface area contributed by atoms with Crippen LogP contribution in [0.4, 0.5) is 10.1 Å².